The summed E-state index contributed by atoms with van der Waals surface area (Å²) < 4.78 is 0. The van der Waals surface area contributed by atoms with Gasteiger partial charge >= 0.3 is 0 Å². The Bertz CT molecular complexity index is 970. The number of rotatable bonds is 4. The van der Waals surface area contributed by atoms with Crippen LogP contribution >= 0.6 is 0 Å². The quantitative estimate of drug-likeness (QED) is 0.589. The van der Waals surface area contributed by atoms with Crippen molar-refractivity contribution in [1.29, 1.82) is 0 Å². The van der Waals surface area contributed by atoms with Crippen molar-refractivity contribution in [2.75, 3.05) is 5.32 Å². The van der Waals surface area contributed by atoms with E-state index in [9.17, 15) is 9.90 Å². The van der Waals surface area contributed by atoms with Crippen molar-refractivity contribution in [2.24, 2.45) is 0 Å². The lowest BCUT2D eigenvalue weighted by atomic mass is 9.89. The lowest BCUT2D eigenvalue weighted by molar-refractivity contribution is 0.0563. The maximum Gasteiger partial charge on any atom is 0.255 e. The Morgan fingerprint density at radius 1 is 1.16 bits per heavy atom. The lowest BCUT2D eigenvalue weighted by Crippen LogP contribution is -2.46. The van der Waals surface area contributed by atoms with Gasteiger partial charge in [-0.2, -0.15) is 0 Å². The van der Waals surface area contributed by atoms with Crippen LogP contribution in [-0.4, -0.2) is 39.2 Å². The van der Waals surface area contributed by atoms with E-state index >= 15 is 0 Å². The number of pyridine rings is 1. The number of benzene rings is 1. The van der Waals surface area contributed by atoms with Crippen LogP contribution in [0, 0.1) is 0 Å². The van der Waals surface area contributed by atoms with Crippen LogP contribution in [0.4, 0.5) is 5.82 Å². The van der Waals surface area contributed by atoms with Crippen LogP contribution in [0.25, 0.3) is 21.9 Å². The molecule has 0 atom stereocenters. The summed E-state index contributed by atoms with van der Waals surface area (Å²) in [6, 6.07) is 10.4. The summed E-state index contributed by atoms with van der Waals surface area (Å²) in [4.78, 5) is 20.9. The van der Waals surface area contributed by atoms with Gasteiger partial charge < -0.3 is 20.7 Å². The minimum atomic E-state index is -0.288. The van der Waals surface area contributed by atoms with Crippen LogP contribution in [0.2, 0.25) is 0 Å². The van der Waals surface area contributed by atoms with Crippen LogP contribution in [0.15, 0.2) is 30.3 Å². The zero-order valence-corrected chi connectivity index (χ0v) is 13.7. The molecule has 1 aromatic carbocycles. The number of carbonyl (C=O) groups is 1. The van der Waals surface area contributed by atoms with Gasteiger partial charge in [0.05, 0.1) is 22.7 Å². The van der Waals surface area contributed by atoms with Gasteiger partial charge in [-0.05, 0) is 37.8 Å². The smallest absolute Gasteiger partial charge is 0.255 e. The van der Waals surface area contributed by atoms with Crippen molar-refractivity contribution < 1.29 is 9.90 Å². The van der Waals surface area contributed by atoms with Gasteiger partial charge in [-0.25, -0.2) is 4.98 Å². The topological polar surface area (TPSA) is 90.0 Å². The third-order valence-electron chi connectivity index (χ3n) is 5.09. The van der Waals surface area contributed by atoms with Gasteiger partial charge in [-0.3, -0.25) is 4.79 Å². The molecule has 2 heterocycles. The second-order valence-electron chi connectivity index (χ2n) is 7.17. The minimum Gasteiger partial charge on any atom is -0.393 e. The molecule has 3 aromatic rings. The zero-order valence-electron chi connectivity index (χ0n) is 13.7. The highest BCUT2D eigenvalue weighted by molar-refractivity contribution is 6.09. The van der Waals surface area contributed by atoms with Crippen molar-refractivity contribution in [3.05, 3.63) is 35.9 Å². The molecule has 6 heteroatoms. The monoisotopic (exact) mass is 336 g/mol. The Labute approximate surface area is 144 Å². The number of hydrogen-bond donors (Lipinski definition) is 4. The van der Waals surface area contributed by atoms with Crippen molar-refractivity contribution in [3.8, 4) is 0 Å². The van der Waals surface area contributed by atoms with E-state index in [4.69, 9.17) is 4.98 Å². The number of nitrogens with zero attached hydrogens (tertiary/aromatic N) is 1. The molecule has 0 spiro atoms. The van der Waals surface area contributed by atoms with Crippen LogP contribution < -0.4 is 10.6 Å². The summed E-state index contributed by atoms with van der Waals surface area (Å²) in [5.41, 5.74) is 3.32. The van der Waals surface area contributed by atoms with Gasteiger partial charge in [0, 0.05) is 23.0 Å². The number of H-pyrrole nitrogens is 1. The van der Waals surface area contributed by atoms with E-state index in [2.05, 4.69) is 15.6 Å². The maximum atomic E-state index is 12.7. The van der Waals surface area contributed by atoms with Crippen molar-refractivity contribution in [2.45, 2.75) is 43.9 Å². The molecule has 2 aromatic heterocycles. The Morgan fingerprint density at radius 2 is 1.96 bits per heavy atom. The molecule has 128 valence electrons. The summed E-state index contributed by atoms with van der Waals surface area (Å²) in [5, 5.41) is 16.9. The average molecular weight is 336 g/mol. The summed E-state index contributed by atoms with van der Waals surface area (Å²) >= 11 is 0. The van der Waals surface area contributed by atoms with Crippen LogP contribution in [0.3, 0.4) is 0 Å². The molecule has 2 saturated carbocycles. The molecule has 25 heavy (non-hydrogen) atoms. The number of aliphatic hydroxyl groups excluding tert-OH is 1. The number of nitrogens with one attached hydrogen (secondary N) is 3. The van der Waals surface area contributed by atoms with E-state index in [0.29, 0.717) is 30.3 Å². The normalized spacial score (nSPS) is 22.8. The zero-order chi connectivity index (χ0) is 17.0. The van der Waals surface area contributed by atoms with Crippen molar-refractivity contribution in [1.82, 2.24) is 15.3 Å². The highest BCUT2D eigenvalue weighted by Crippen LogP contribution is 2.31. The first-order chi connectivity index (χ1) is 12.2. The van der Waals surface area contributed by atoms with E-state index in [1.807, 2.05) is 30.3 Å². The Hall–Kier alpha value is -2.60. The van der Waals surface area contributed by atoms with E-state index in [0.717, 1.165) is 34.8 Å². The number of fused-ring (bicyclic) bond motifs is 3. The predicted molar refractivity (Wildman–Crippen MR) is 96.7 cm³/mol. The molecule has 0 unspecified atom stereocenters. The maximum absolute atomic E-state index is 12.7. The number of amides is 1. The van der Waals surface area contributed by atoms with Gasteiger partial charge in [0.15, 0.2) is 0 Å². The van der Waals surface area contributed by atoms with Crippen molar-refractivity contribution in [3.63, 3.8) is 0 Å². The molecular formula is C19H20N4O2. The Kier molecular flexibility index (Phi) is 3.21. The molecule has 2 aliphatic carbocycles. The number of aromatic amines is 1. The fourth-order valence-electron chi connectivity index (χ4n) is 3.43. The van der Waals surface area contributed by atoms with E-state index in [-0.39, 0.29) is 18.1 Å². The first-order valence-corrected chi connectivity index (χ1v) is 8.84. The summed E-state index contributed by atoms with van der Waals surface area (Å²) in [6.45, 7) is 0. The molecule has 6 nitrogen and oxygen atoms in total. The number of aliphatic hydroxyl groups is 1. The number of para-hydroxylation sites is 1. The predicted octanol–water partition coefficient (Wildman–Crippen LogP) is 2.54. The highest BCUT2D eigenvalue weighted by atomic mass is 16.3. The largest absolute Gasteiger partial charge is 0.393 e. The SMILES string of the molecule is O=C(NC1CC(O)C1)c1cc2[nH]c3ccccc3c2nc1NC1CC1. The lowest BCUT2D eigenvalue weighted by Gasteiger charge is -2.32. The Morgan fingerprint density at radius 3 is 2.72 bits per heavy atom. The van der Waals surface area contributed by atoms with Gasteiger partial charge in [0.2, 0.25) is 0 Å². The second-order valence-corrected chi connectivity index (χ2v) is 7.17. The van der Waals surface area contributed by atoms with Crippen molar-refractivity contribution >= 4 is 33.7 Å². The first kappa shape index (κ1) is 14.7. The fourth-order valence-corrected chi connectivity index (χ4v) is 3.43. The molecule has 0 saturated heterocycles. The standard InChI is InChI=1S/C19H20N4O2/c24-12-7-11(8-12)21-19(25)14-9-16-17(23-18(14)20-10-5-6-10)13-3-1-2-4-15(13)22-16/h1-4,9-12,22,24H,5-8H2,(H,20,23)(H,21,25). The van der Waals surface area contributed by atoms with Gasteiger partial charge in [-0.1, -0.05) is 18.2 Å². The molecule has 2 aliphatic rings. The molecule has 0 aliphatic heterocycles. The van der Waals surface area contributed by atoms with Crippen LogP contribution in [0.5, 0.6) is 0 Å². The van der Waals surface area contributed by atoms with Crippen LogP contribution in [-0.2, 0) is 0 Å². The number of anilines is 1. The molecule has 5 rings (SSSR count). The van der Waals surface area contributed by atoms with Crippen LogP contribution in [0.1, 0.15) is 36.0 Å². The second kappa shape index (κ2) is 5.46. The summed E-state index contributed by atoms with van der Waals surface area (Å²) in [6.07, 6.45) is 3.19. The van der Waals surface area contributed by atoms with E-state index in [1.165, 1.54) is 0 Å². The number of carbonyl (C=O) groups excluding carboxylic acids is 1. The van der Waals surface area contributed by atoms with E-state index < -0.39 is 0 Å². The van der Waals surface area contributed by atoms with Gasteiger partial charge in [-0.15, -0.1) is 0 Å². The molecular weight excluding hydrogens is 316 g/mol. The van der Waals surface area contributed by atoms with Gasteiger partial charge in [0.1, 0.15) is 5.82 Å². The third kappa shape index (κ3) is 2.62. The summed E-state index contributed by atoms with van der Waals surface area (Å²) in [7, 11) is 0. The highest BCUT2D eigenvalue weighted by Gasteiger charge is 2.30. The molecule has 0 bridgehead atoms. The molecule has 0 radical (unpaired) electrons. The Balaban J connectivity index is 1.57. The summed E-state index contributed by atoms with van der Waals surface area (Å²) in [5.74, 6) is 0.519. The molecule has 2 fully saturated rings. The molecule has 4 N–H and O–H groups in total. The molecule has 1 amide bonds. The number of hydrogen-bond acceptors (Lipinski definition) is 4. The first-order valence-electron chi connectivity index (χ1n) is 8.84. The fraction of sp³-hybridized carbons (Fsp3) is 0.368. The van der Waals surface area contributed by atoms with E-state index in [1.54, 1.807) is 0 Å². The van der Waals surface area contributed by atoms with Gasteiger partial charge in [0.25, 0.3) is 5.91 Å². The third-order valence-corrected chi connectivity index (χ3v) is 5.09. The average Bonchev–Trinajstić information content (AvgIpc) is 3.31. The minimum absolute atomic E-state index is 0.0506. The number of aromatic nitrogens is 2.